The molecule has 0 aliphatic rings. The molecule has 2 aromatic carbocycles. The van der Waals surface area contributed by atoms with Crippen LogP contribution in [0.1, 0.15) is 45.1 Å². The summed E-state index contributed by atoms with van der Waals surface area (Å²) in [5.41, 5.74) is 1.20. The van der Waals surface area contributed by atoms with Gasteiger partial charge in [-0.2, -0.15) is 0 Å². The van der Waals surface area contributed by atoms with E-state index in [-0.39, 0.29) is 42.8 Å². The lowest BCUT2D eigenvalue weighted by molar-refractivity contribution is -0.141. The first-order valence-electron chi connectivity index (χ1n) is 12.6. The summed E-state index contributed by atoms with van der Waals surface area (Å²) in [6.07, 6.45) is 2.62. The van der Waals surface area contributed by atoms with Crippen molar-refractivity contribution in [1.82, 2.24) is 10.2 Å². The molecule has 2 aromatic rings. The molecule has 0 spiro atoms. The maximum absolute atomic E-state index is 13.5. The summed E-state index contributed by atoms with van der Waals surface area (Å²) in [5, 5.41) is 3.17. The highest BCUT2D eigenvalue weighted by molar-refractivity contribution is 7.92. The first-order chi connectivity index (χ1) is 18.0. The van der Waals surface area contributed by atoms with Crippen LogP contribution in [0.25, 0.3) is 0 Å². The van der Waals surface area contributed by atoms with Crippen LogP contribution in [0.2, 0.25) is 5.02 Å². The second kappa shape index (κ2) is 14.8. The molecule has 11 heteroatoms. The fourth-order valence-corrected chi connectivity index (χ4v) is 5.28. The van der Waals surface area contributed by atoms with Gasteiger partial charge in [0.1, 0.15) is 17.5 Å². The lowest BCUT2D eigenvalue weighted by Gasteiger charge is -2.31. The number of anilines is 1. The van der Waals surface area contributed by atoms with Gasteiger partial charge in [0.25, 0.3) is 0 Å². The van der Waals surface area contributed by atoms with Gasteiger partial charge in [-0.3, -0.25) is 13.9 Å². The standard InChI is InChI=1S/C27H38ClN3O6S/c1-6-15-29-27(33)24(7-2)30(19-20-10-8-11-22(17-20)36-3)26(32)12-9-16-31(38(5,34)35)21-13-14-25(37-4)23(28)18-21/h8,10-11,13-14,17-18,24H,6-7,9,12,15-16,19H2,1-5H3,(H,29,33)/t24-/m1/s1. The van der Waals surface area contributed by atoms with E-state index in [0.29, 0.717) is 30.2 Å². The minimum atomic E-state index is -3.64. The minimum absolute atomic E-state index is 0.0530. The van der Waals surface area contributed by atoms with E-state index in [9.17, 15) is 18.0 Å². The number of halogens is 1. The molecule has 2 amide bonds. The molecular formula is C27H38ClN3O6S. The Morgan fingerprint density at radius 2 is 1.82 bits per heavy atom. The summed E-state index contributed by atoms with van der Waals surface area (Å²) in [7, 11) is -0.598. The Morgan fingerprint density at radius 1 is 1.08 bits per heavy atom. The summed E-state index contributed by atoms with van der Waals surface area (Å²) in [4.78, 5) is 28.0. The van der Waals surface area contributed by atoms with Crippen molar-refractivity contribution >= 4 is 39.1 Å². The molecule has 210 valence electrons. The van der Waals surface area contributed by atoms with Crippen molar-refractivity contribution in [2.75, 3.05) is 37.9 Å². The molecule has 0 aromatic heterocycles. The molecule has 1 atom stereocenters. The summed E-state index contributed by atoms with van der Waals surface area (Å²) in [5.74, 6) is 0.628. The minimum Gasteiger partial charge on any atom is -0.497 e. The van der Waals surface area contributed by atoms with Crippen molar-refractivity contribution in [2.24, 2.45) is 0 Å². The number of ether oxygens (including phenoxy) is 2. The van der Waals surface area contributed by atoms with Crippen LogP contribution in [0.15, 0.2) is 42.5 Å². The zero-order valence-corrected chi connectivity index (χ0v) is 24.3. The summed E-state index contributed by atoms with van der Waals surface area (Å²) >= 11 is 6.21. The van der Waals surface area contributed by atoms with Gasteiger partial charge in [-0.15, -0.1) is 0 Å². The molecule has 0 heterocycles. The Hall–Kier alpha value is -2.98. The Labute approximate surface area is 231 Å². The van der Waals surface area contributed by atoms with Crippen molar-refractivity contribution in [2.45, 2.75) is 52.1 Å². The highest BCUT2D eigenvalue weighted by Gasteiger charge is 2.29. The number of carbonyl (C=O) groups is 2. The quantitative estimate of drug-likeness (QED) is 0.345. The van der Waals surface area contributed by atoms with Gasteiger partial charge in [0.05, 0.1) is 31.2 Å². The molecule has 0 aliphatic carbocycles. The van der Waals surface area contributed by atoms with E-state index in [0.717, 1.165) is 18.2 Å². The number of hydrogen-bond donors (Lipinski definition) is 1. The van der Waals surface area contributed by atoms with Crippen LogP contribution >= 0.6 is 11.6 Å². The van der Waals surface area contributed by atoms with E-state index in [4.69, 9.17) is 21.1 Å². The van der Waals surface area contributed by atoms with Crippen LogP contribution in [0.3, 0.4) is 0 Å². The molecule has 0 radical (unpaired) electrons. The molecule has 1 N–H and O–H groups in total. The SMILES string of the molecule is CCCNC(=O)[C@@H](CC)N(Cc1cccc(OC)c1)C(=O)CCCN(c1ccc(OC)c(Cl)c1)S(C)(=O)=O. The van der Waals surface area contributed by atoms with Crippen LogP contribution < -0.4 is 19.1 Å². The largest absolute Gasteiger partial charge is 0.497 e. The third kappa shape index (κ3) is 8.80. The van der Waals surface area contributed by atoms with E-state index in [1.807, 2.05) is 38.1 Å². The molecule has 0 saturated carbocycles. The van der Waals surface area contributed by atoms with Crippen LogP contribution in [-0.4, -0.2) is 64.7 Å². The Balaban J connectivity index is 2.24. The second-order valence-electron chi connectivity index (χ2n) is 8.85. The maximum Gasteiger partial charge on any atom is 0.242 e. The zero-order valence-electron chi connectivity index (χ0n) is 22.7. The lowest BCUT2D eigenvalue weighted by atomic mass is 10.1. The average molecular weight is 568 g/mol. The second-order valence-corrected chi connectivity index (χ2v) is 11.2. The Bertz CT molecular complexity index is 1190. The van der Waals surface area contributed by atoms with Crippen molar-refractivity contribution in [3.8, 4) is 11.5 Å². The molecule has 38 heavy (non-hydrogen) atoms. The average Bonchev–Trinajstić information content (AvgIpc) is 2.88. The number of methoxy groups -OCH3 is 2. The predicted molar refractivity (Wildman–Crippen MR) is 150 cm³/mol. The van der Waals surface area contributed by atoms with E-state index in [1.54, 1.807) is 24.1 Å². The van der Waals surface area contributed by atoms with Crippen LogP contribution in [0.5, 0.6) is 11.5 Å². The number of rotatable bonds is 15. The third-order valence-electron chi connectivity index (χ3n) is 6.00. The maximum atomic E-state index is 13.5. The molecule has 0 fully saturated rings. The Morgan fingerprint density at radius 3 is 2.39 bits per heavy atom. The smallest absolute Gasteiger partial charge is 0.242 e. The van der Waals surface area contributed by atoms with Crippen molar-refractivity contribution in [3.05, 3.63) is 53.1 Å². The number of sulfonamides is 1. The number of benzene rings is 2. The number of amides is 2. The summed E-state index contributed by atoms with van der Waals surface area (Å²) < 4.78 is 36.8. The summed E-state index contributed by atoms with van der Waals surface area (Å²) in [6, 6.07) is 11.4. The van der Waals surface area contributed by atoms with E-state index in [1.165, 1.54) is 17.5 Å². The van der Waals surface area contributed by atoms with Gasteiger partial charge in [-0.25, -0.2) is 8.42 Å². The first-order valence-corrected chi connectivity index (χ1v) is 14.8. The molecule has 0 aliphatic heterocycles. The number of carbonyl (C=O) groups excluding carboxylic acids is 2. The van der Waals surface area contributed by atoms with E-state index < -0.39 is 16.1 Å². The van der Waals surface area contributed by atoms with Crippen LogP contribution in [0.4, 0.5) is 5.69 Å². The van der Waals surface area contributed by atoms with Gasteiger partial charge in [0, 0.05) is 26.1 Å². The molecule has 0 bridgehead atoms. The number of nitrogens with one attached hydrogen (secondary N) is 1. The predicted octanol–water partition coefficient (Wildman–Crippen LogP) is 4.24. The van der Waals surface area contributed by atoms with Gasteiger partial charge in [0.2, 0.25) is 21.8 Å². The van der Waals surface area contributed by atoms with Crippen molar-refractivity contribution in [1.29, 1.82) is 0 Å². The zero-order chi connectivity index (χ0) is 28.3. The fourth-order valence-electron chi connectivity index (χ4n) is 4.07. The molecular weight excluding hydrogens is 530 g/mol. The third-order valence-corrected chi connectivity index (χ3v) is 7.49. The molecule has 2 rings (SSSR count). The van der Waals surface area contributed by atoms with Gasteiger partial charge >= 0.3 is 0 Å². The fraction of sp³-hybridized carbons (Fsp3) is 0.481. The highest BCUT2D eigenvalue weighted by atomic mass is 35.5. The van der Waals surface area contributed by atoms with E-state index >= 15 is 0 Å². The van der Waals surface area contributed by atoms with Gasteiger partial charge in [0.15, 0.2) is 0 Å². The van der Waals surface area contributed by atoms with Crippen LogP contribution in [0, 0.1) is 0 Å². The normalized spacial score (nSPS) is 11.9. The summed E-state index contributed by atoms with van der Waals surface area (Å²) in [6.45, 7) is 4.63. The van der Waals surface area contributed by atoms with Crippen LogP contribution in [-0.2, 0) is 26.2 Å². The van der Waals surface area contributed by atoms with Gasteiger partial charge in [-0.05, 0) is 55.2 Å². The number of hydrogen-bond acceptors (Lipinski definition) is 6. The van der Waals surface area contributed by atoms with Gasteiger partial charge < -0.3 is 19.7 Å². The molecule has 9 nitrogen and oxygen atoms in total. The van der Waals surface area contributed by atoms with Crippen molar-refractivity contribution < 1.29 is 27.5 Å². The van der Waals surface area contributed by atoms with Gasteiger partial charge in [-0.1, -0.05) is 37.6 Å². The van der Waals surface area contributed by atoms with Crippen molar-refractivity contribution in [3.63, 3.8) is 0 Å². The monoisotopic (exact) mass is 567 g/mol. The highest BCUT2D eigenvalue weighted by Crippen LogP contribution is 2.30. The van der Waals surface area contributed by atoms with E-state index in [2.05, 4.69) is 5.32 Å². The lowest BCUT2D eigenvalue weighted by Crippen LogP contribution is -2.49. The molecule has 0 unspecified atom stereocenters. The topological polar surface area (TPSA) is 105 Å². The number of nitrogens with zero attached hydrogens (tertiary/aromatic N) is 2. The Kier molecular flexibility index (Phi) is 12.2. The first kappa shape index (κ1) is 31.2. The molecule has 0 saturated heterocycles.